The number of benzene rings is 2. The van der Waals surface area contributed by atoms with Gasteiger partial charge in [0.1, 0.15) is 13.2 Å². The van der Waals surface area contributed by atoms with Crippen LogP contribution in [0.25, 0.3) is 0 Å². The number of esters is 2. The van der Waals surface area contributed by atoms with E-state index in [2.05, 4.69) is 0 Å². The van der Waals surface area contributed by atoms with Crippen LogP contribution in [0.5, 0.6) is 0 Å². The minimum Gasteiger partial charge on any atom is -0.457 e. The van der Waals surface area contributed by atoms with E-state index < -0.39 is 11.9 Å². The maximum atomic E-state index is 12.0. The van der Waals surface area contributed by atoms with Crippen molar-refractivity contribution in [2.75, 3.05) is 0 Å². The number of fused-ring (bicyclic) bond motifs is 2. The molecule has 0 spiro atoms. The van der Waals surface area contributed by atoms with Crippen LogP contribution in [0.4, 0.5) is 0 Å². The smallest absolute Gasteiger partial charge is 0.339 e. The van der Waals surface area contributed by atoms with Crippen LogP contribution in [0.2, 0.25) is 0 Å². The molecule has 20 heavy (non-hydrogen) atoms. The monoisotopic (exact) mass is 268 g/mol. The number of ether oxygens (including phenoxy) is 2. The van der Waals surface area contributed by atoms with Gasteiger partial charge in [-0.25, -0.2) is 9.59 Å². The summed E-state index contributed by atoms with van der Waals surface area (Å²) in [7, 11) is 0. The number of carbonyl (C=O) groups is 2. The second-order valence-electron chi connectivity index (χ2n) is 4.47. The van der Waals surface area contributed by atoms with E-state index in [0.29, 0.717) is 0 Å². The minimum absolute atomic E-state index is 0.168. The second-order valence-corrected chi connectivity index (χ2v) is 4.47. The molecule has 0 aliphatic carbocycles. The molecule has 3 rings (SSSR count). The molecule has 1 aliphatic heterocycles. The molecule has 0 N–H and O–H groups in total. The summed E-state index contributed by atoms with van der Waals surface area (Å²) in [6.07, 6.45) is 0. The van der Waals surface area contributed by atoms with Crippen molar-refractivity contribution in [3.63, 3.8) is 0 Å². The van der Waals surface area contributed by atoms with Gasteiger partial charge in [0.05, 0.1) is 11.1 Å². The quantitative estimate of drug-likeness (QED) is 0.689. The van der Waals surface area contributed by atoms with Gasteiger partial charge in [0.15, 0.2) is 0 Å². The van der Waals surface area contributed by atoms with Crippen LogP contribution in [0.3, 0.4) is 0 Å². The molecule has 0 saturated heterocycles. The van der Waals surface area contributed by atoms with Crippen molar-refractivity contribution in [2.24, 2.45) is 0 Å². The average molecular weight is 268 g/mol. The maximum absolute atomic E-state index is 12.0. The van der Waals surface area contributed by atoms with Crippen LogP contribution in [-0.4, -0.2) is 11.9 Å². The van der Waals surface area contributed by atoms with Crippen molar-refractivity contribution in [3.8, 4) is 0 Å². The Morgan fingerprint density at radius 3 is 1.50 bits per heavy atom. The Balaban J connectivity index is 2.01. The summed E-state index contributed by atoms with van der Waals surface area (Å²) in [5.41, 5.74) is 2.15. The van der Waals surface area contributed by atoms with E-state index in [0.717, 1.165) is 11.1 Å². The van der Waals surface area contributed by atoms with Gasteiger partial charge < -0.3 is 9.47 Å². The molecule has 1 heterocycles. The highest BCUT2D eigenvalue weighted by Crippen LogP contribution is 2.18. The first-order valence-corrected chi connectivity index (χ1v) is 6.26. The largest absolute Gasteiger partial charge is 0.457 e. The summed E-state index contributed by atoms with van der Waals surface area (Å²) in [4.78, 5) is 24.1. The van der Waals surface area contributed by atoms with Gasteiger partial charge in [0, 0.05) is 0 Å². The standard InChI is InChI=1S/C16H12O4/c17-15-13-7-3-4-8-14(13)16(18)20-10-12-6-2-1-5-11(12)9-19-15/h1-8H,9-10H2. The first-order valence-electron chi connectivity index (χ1n) is 6.26. The lowest BCUT2D eigenvalue weighted by atomic mass is 10.1. The number of cyclic esters (lactones) is 2. The predicted molar refractivity (Wildman–Crippen MR) is 71.1 cm³/mol. The Morgan fingerprint density at radius 2 is 1.05 bits per heavy atom. The zero-order valence-corrected chi connectivity index (χ0v) is 10.7. The number of hydrogen-bond acceptors (Lipinski definition) is 4. The predicted octanol–water partition coefficient (Wildman–Crippen LogP) is 2.71. The Kier molecular flexibility index (Phi) is 3.21. The highest BCUT2D eigenvalue weighted by molar-refractivity contribution is 6.03. The summed E-state index contributed by atoms with van der Waals surface area (Å²) >= 11 is 0. The first-order chi connectivity index (χ1) is 9.75. The molecular weight excluding hydrogens is 256 g/mol. The minimum atomic E-state index is -0.519. The molecule has 0 unspecified atom stereocenters. The second kappa shape index (κ2) is 5.17. The highest BCUT2D eigenvalue weighted by atomic mass is 16.5. The Morgan fingerprint density at radius 1 is 0.650 bits per heavy atom. The average Bonchev–Trinajstić information content (AvgIpc) is 2.50. The van der Waals surface area contributed by atoms with E-state index in [1.807, 2.05) is 24.3 Å². The highest BCUT2D eigenvalue weighted by Gasteiger charge is 2.21. The summed E-state index contributed by atoms with van der Waals surface area (Å²) in [5, 5.41) is 0. The molecule has 0 aromatic heterocycles. The molecule has 2 aromatic carbocycles. The molecule has 0 saturated carbocycles. The van der Waals surface area contributed by atoms with Crippen LogP contribution in [0.1, 0.15) is 31.8 Å². The van der Waals surface area contributed by atoms with Gasteiger partial charge in [0.25, 0.3) is 0 Å². The van der Waals surface area contributed by atoms with Crippen LogP contribution in [0, 0.1) is 0 Å². The van der Waals surface area contributed by atoms with E-state index in [9.17, 15) is 9.59 Å². The van der Waals surface area contributed by atoms with Crippen LogP contribution >= 0.6 is 0 Å². The van der Waals surface area contributed by atoms with Gasteiger partial charge in [-0.15, -0.1) is 0 Å². The van der Waals surface area contributed by atoms with Gasteiger partial charge in [-0.1, -0.05) is 36.4 Å². The van der Waals surface area contributed by atoms with Crippen molar-refractivity contribution in [1.82, 2.24) is 0 Å². The molecule has 4 heteroatoms. The molecule has 100 valence electrons. The van der Waals surface area contributed by atoms with Gasteiger partial charge >= 0.3 is 11.9 Å². The zero-order valence-electron chi connectivity index (χ0n) is 10.7. The Labute approximate surface area is 115 Å². The summed E-state index contributed by atoms with van der Waals surface area (Å²) < 4.78 is 10.5. The summed E-state index contributed by atoms with van der Waals surface area (Å²) in [6, 6.07) is 13.9. The SMILES string of the molecule is O=C1OCc2ccccc2COC(=O)c2ccccc21. The maximum Gasteiger partial charge on any atom is 0.339 e. The molecule has 0 radical (unpaired) electrons. The van der Waals surface area contributed by atoms with E-state index in [1.54, 1.807) is 24.3 Å². The molecule has 4 nitrogen and oxygen atoms in total. The third-order valence-corrected chi connectivity index (χ3v) is 3.20. The van der Waals surface area contributed by atoms with Crippen molar-refractivity contribution in [3.05, 3.63) is 70.8 Å². The van der Waals surface area contributed by atoms with E-state index in [4.69, 9.17) is 9.47 Å². The van der Waals surface area contributed by atoms with Crippen LogP contribution < -0.4 is 0 Å². The molecular formula is C16H12O4. The van der Waals surface area contributed by atoms with Gasteiger partial charge in [-0.2, -0.15) is 0 Å². The fraction of sp³-hybridized carbons (Fsp3) is 0.125. The van der Waals surface area contributed by atoms with Gasteiger partial charge in [0.2, 0.25) is 0 Å². The van der Waals surface area contributed by atoms with Crippen molar-refractivity contribution in [2.45, 2.75) is 13.2 Å². The van der Waals surface area contributed by atoms with Crippen LogP contribution in [0.15, 0.2) is 48.5 Å². The number of carbonyl (C=O) groups excluding carboxylic acids is 2. The van der Waals surface area contributed by atoms with Crippen LogP contribution in [-0.2, 0) is 22.7 Å². The molecule has 2 aromatic rings. The third-order valence-electron chi connectivity index (χ3n) is 3.20. The lowest BCUT2D eigenvalue weighted by Gasteiger charge is -2.15. The molecule has 0 bridgehead atoms. The molecule has 1 aliphatic rings. The zero-order chi connectivity index (χ0) is 13.9. The first kappa shape index (κ1) is 12.4. The molecule has 0 amide bonds. The fourth-order valence-corrected chi connectivity index (χ4v) is 2.12. The van der Waals surface area contributed by atoms with Gasteiger partial charge in [-0.05, 0) is 23.3 Å². The molecule has 0 atom stereocenters. The van der Waals surface area contributed by atoms with E-state index in [1.165, 1.54) is 0 Å². The fourth-order valence-electron chi connectivity index (χ4n) is 2.12. The Hall–Kier alpha value is -2.62. The Bertz CT molecular complexity index is 618. The lowest BCUT2D eigenvalue weighted by molar-refractivity contribution is 0.0396. The number of hydrogen-bond donors (Lipinski definition) is 0. The topological polar surface area (TPSA) is 52.6 Å². The van der Waals surface area contributed by atoms with Crippen molar-refractivity contribution < 1.29 is 19.1 Å². The van der Waals surface area contributed by atoms with Crippen molar-refractivity contribution >= 4 is 11.9 Å². The third kappa shape index (κ3) is 2.28. The lowest BCUT2D eigenvalue weighted by Crippen LogP contribution is -2.16. The summed E-state index contributed by atoms with van der Waals surface area (Å²) in [5.74, 6) is -1.04. The number of rotatable bonds is 0. The van der Waals surface area contributed by atoms with E-state index in [-0.39, 0.29) is 24.3 Å². The summed E-state index contributed by atoms with van der Waals surface area (Å²) in [6.45, 7) is 0.335. The van der Waals surface area contributed by atoms with E-state index >= 15 is 0 Å². The van der Waals surface area contributed by atoms with Gasteiger partial charge in [-0.3, -0.25) is 0 Å². The van der Waals surface area contributed by atoms with Crippen molar-refractivity contribution in [1.29, 1.82) is 0 Å². The normalized spacial score (nSPS) is 14.6. The molecule has 0 fully saturated rings.